The molecule has 0 unspecified atom stereocenters. The summed E-state index contributed by atoms with van der Waals surface area (Å²) in [5.74, 6) is -0.490. The molecule has 4 nitrogen and oxygen atoms in total. The summed E-state index contributed by atoms with van der Waals surface area (Å²) in [5.41, 5.74) is 0.362. The summed E-state index contributed by atoms with van der Waals surface area (Å²) >= 11 is 5.88. The third-order valence-electron chi connectivity index (χ3n) is 3.07. The number of hydrogen-bond donors (Lipinski definition) is 1. The molecule has 1 heterocycles. The average molecular weight is 267 g/mol. The number of carbonyl (C=O) groups excluding carboxylic acids is 2. The summed E-state index contributed by atoms with van der Waals surface area (Å²) in [6.45, 7) is 5.01. The second kappa shape index (κ2) is 4.28. The zero-order valence-electron chi connectivity index (χ0n) is 10.5. The molecular weight excluding hydrogens is 252 g/mol. The molecule has 2 amide bonds. The van der Waals surface area contributed by atoms with Gasteiger partial charge in [0.2, 0.25) is 11.8 Å². The van der Waals surface area contributed by atoms with Crippen LogP contribution in [0.2, 0.25) is 0 Å². The van der Waals surface area contributed by atoms with Crippen molar-refractivity contribution in [2.45, 2.75) is 31.7 Å². The van der Waals surface area contributed by atoms with Crippen LogP contribution in [-0.4, -0.2) is 22.7 Å². The first-order valence-corrected chi connectivity index (χ1v) is 6.18. The zero-order chi connectivity index (χ0) is 13.5. The fraction of sp³-hybridized carbons (Fsp3) is 0.385. The quantitative estimate of drug-likeness (QED) is 0.794. The second-order valence-electron chi connectivity index (χ2n) is 4.82. The molecule has 0 bridgehead atoms. The van der Waals surface area contributed by atoms with Crippen LogP contribution in [-0.2, 0) is 9.59 Å². The number of alkyl halides is 1. The molecule has 1 aromatic rings. The van der Waals surface area contributed by atoms with Crippen LogP contribution in [0.5, 0.6) is 0 Å². The van der Waals surface area contributed by atoms with Gasteiger partial charge in [-0.25, -0.2) is 0 Å². The van der Waals surface area contributed by atoms with Crippen molar-refractivity contribution in [3.05, 3.63) is 24.3 Å². The maximum absolute atomic E-state index is 12.2. The van der Waals surface area contributed by atoms with Crippen molar-refractivity contribution in [2.24, 2.45) is 0 Å². The number of halogens is 1. The Morgan fingerprint density at radius 2 is 2.00 bits per heavy atom. The average Bonchev–Trinajstić information content (AvgIpc) is 2.29. The largest absolute Gasteiger partial charge is 0.322 e. The summed E-state index contributed by atoms with van der Waals surface area (Å²) in [7, 11) is 0. The molecule has 2 rings (SSSR count). The van der Waals surface area contributed by atoms with E-state index in [0.717, 1.165) is 0 Å². The fourth-order valence-electron chi connectivity index (χ4n) is 2.02. The molecule has 96 valence electrons. The number of rotatable bonds is 1. The molecule has 0 aliphatic carbocycles. The SMILES string of the molecule is C[C@@H](Cl)C(=O)N1c2ccccc2NC(=O)C1(C)C. The number of fused-ring (bicyclic) bond motifs is 1. The number of benzene rings is 1. The highest BCUT2D eigenvalue weighted by Gasteiger charge is 2.44. The lowest BCUT2D eigenvalue weighted by Gasteiger charge is -2.42. The van der Waals surface area contributed by atoms with E-state index in [9.17, 15) is 9.59 Å². The molecule has 0 aromatic heterocycles. The number of hydrogen-bond acceptors (Lipinski definition) is 2. The van der Waals surface area contributed by atoms with Gasteiger partial charge in [0.25, 0.3) is 0 Å². The lowest BCUT2D eigenvalue weighted by Crippen LogP contribution is -2.59. The Balaban J connectivity index is 2.59. The van der Waals surface area contributed by atoms with E-state index in [4.69, 9.17) is 11.6 Å². The monoisotopic (exact) mass is 266 g/mol. The Labute approximate surface area is 111 Å². The molecule has 0 spiro atoms. The topological polar surface area (TPSA) is 49.4 Å². The highest BCUT2D eigenvalue weighted by molar-refractivity contribution is 6.34. The van der Waals surface area contributed by atoms with Crippen LogP contribution in [0.4, 0.5) is 11.4 Å². The third kappa shape index (κ3) is 1.86. The van der Waals surface area contributed by atoms with E-state index < -0.39 is 10.9 Å². The van der Waals surface area contributed by atoms with Gasteiger partial charge in [0.1, 0.15) is 10.9 Å². The Bertz CT molecular complexity index is 511. The van der Waals surface area contributed by atoms with Crippen molar-refractivity contribution in [3.63, 3.8) is 0 Å². The molecule has 1 atom stereocenters. The summed E-state index contributed by atoms with van der Waals surface area (Å²) in [5, 5.41) is 2.12. The Kier molecular flexibility index (Phi) is 3.07. The van der Waals surface area contributed by atoms with Crippen molar-refractivity contribution in [1.82, 2.24) is 0 Å². The number of para-hydroxylation sites is 2. The molecule has 5 heteroatoms. The molecule has 0 radical (unpaired) electrons. The van der Waals surface area contributed by atoms with Gasteiger partial charge in [0.15, 0.2) is 0 Å². The summed E-state index contributed by atoms with van der Waals surface area (Å²) in [6, 6.07) is 7.20. The first kappa shape index (κ1) is 12.9. The van der Waals surface area contributed by atoms with E-state index in [1.54, 1.807) is 32.9 Å². The zero-order valence-corrected chi connectivity index (χ0v) is 11.3. The van der Waals surface area contributed by atoms with Gasteiger partial charge in [0, 0.05) is 0 Å². The Morgan fingerprint density at radius 3 is 2.61 bits per heavy atom. The van der Waals surface area contributed by atoms with Gasteiger partial charge in [-0.15, -0.1) is 11.6 Å². The van der Waals surface area contributed by atoms with E-state index in [2.05, 4.69) is 5.32 Å². The molecule has 18 heavy (non-hydrogen) atoms. The van der Waals surface area contributed by atoms with Crippen LogP contribution >= 0.6 is 11.6 Å². The van der Waals surface area contributed by atoms with E-state index in [1.807, 2.05) is 12.1 Å². The van der Waals surface area contributed by atoms with Gasteiger partial charge in [-0.3, -0.25) is 14.5 Å². The molecule has 1 aromatic carbocycles. The van der Waals surface area contributed by atoms with Crippen LogP contribution < -0.4 is 10.2 Å². The minimum Gasteiger partial charge on any atom is -0.322 e. The fourth-order valence-corrected chi connectivity index (χ4v) is 2.12. The lowest BCUT2D eigenvalue weighted by atomic mass is 9.96. The smallest absolute Gasteiger partial charge is 0.250 e. The number of carbonyl (C=O) groups is 2. The number of nitrogens with one attached hydrogen (secondary N) is 1. The molecule has 1 aliphatic heterocycles. The van der Waals surface area contributed by atoms with Crippen molar-refractivity contribution in [1.29, 1.82) is 0 Å². The van der Waals surface area contributed by atoms with Crippen LogP contribution in [0.1, 0.15) is 20.8 Å². The normalized spacial score (nSPS) is 18.9. The predicted molar refractivity (Wildman–Crippen MR) is 72.0 cm³/mol. The Hall–Kier alpha value is -1.55. The summed E-state index contributed by atoms with van der Waals surface area (Å²) < 4.78 is 0. The first-order valence-electron chi connectivity index (χ1n) is 5.74. The van der Waals surface area contributed by atoms with Gasteiger partial charge in [-0.1, -0.05) is 12.1 Å². The summed E-state index contributed by atoms with van der Waals surface area (Å²) in [6.07, 6.45) is 0. The summed E-state index contributed by atoms with van der Waals surface area (Å²) in [4.78, 5) is 25.8. The van der Waals surface area contributed by atoms with Gasteiger partial charge < -0.3 is 5.32 Å². The van der Waals surface area contributed by atoms with Gasteiger partial charge in [-0.05, 0) is 32.9 Å². The highest BCUT2D eigenvalue weighted by atomic mass is 35.5. The van der Waals surface area contributed by atoms with Crippen molar-refractivity contribution in [2.75, 3.05) is 10.2 Å². The molecule has 0 saturated heterocycles. The highest BCUT2D eigenvalue weighted by Crippen LogP contribution is 2.37. The maximum atomic E-state index is 12.2. The maximum Gasteiger partial charge on any atom is 0.250 e. The van der Waals surface area contributed by atoms with Crippen molar-refractivity contribution < 1.29 is 9.59 Å². The van der Waals surface area contributed by atoms with Crippen molar-refractivity contribution in [3.8, 4) is 0 Å². The number of nitrogens with zero attached hydrogens (tertiary/aromatic N) is 1. The van der Waals surface area contributed by atoms with Crippen LogP contribution in [0.15, 0.2) is 24.3 Å². The van der Waals surface area contributed by atoms with E-state index in [-0.39, 0.29) is 11.8 Å². The van der Waals surface area contributed by atoms with E-state index in [0.29, 0.717) is 11.4 Å². The number of amides is 2. The van der Waals surface area contributed by atoms with Gasteiger partial charge in [0.05, 0.1) is 11.4 Å². The first-order chi connectivity index (χ1) is 8.35. The lowest BCUT2D eigenvalue weighted by molar-refractivity contribution is -0.126. The van der Waals surface area contributed by atoms with Crippen LogP contribution in [0, 0.1) is 0 Å². The molecule has 0 fully saturated rings. The van der Waals surface area contributed by atoms with Crippen LogP contribution in [0.3, 0.4) is 0 Å². The second-order valence-corrected chi connectivity index (χ2v) is 5.47. The number of anilines is 2. The van der Waals surface area contributed by atoms with E-state index in [1.165, 1.54) is 4.90 Å². The molecule has 0 saturated carbocycles. The van der Waals surface area contributed by atoms with Crippen LogP contribution in [0.25, 0.3) is 0 Å². The molecular formula is C13H15ClN2O2. The van der Waals surface area contributed by atoms with Crippen molar-refractivity contribution >= 4 is 34.8 Å². The predicted octanol–water partition coefficient (Wildman–Crippen LogP) is 2.38. The van der Waals surface area contributed by atoms with Gasteiger partial charge >= 0.3 is 0 Å². The Morgan fingerprint density at radius 1 is 1.39 bits per heavy atom. The standard InChI is InChI=1S/C13H15ClN2O2/c1-8(14)11(17)16-10-7-5-4-6-9(10)15-12(18)13(16,2)3/h4-8H,1-3H3,(H,15,18)/t8-/m1/s1. The minimum atomic E-state index is -0.950. The van der Waals surface area contributed by atoms with E-state index >= 15 is 0 Å². The minimum absolute atomic E-state index is 0.216. The molecule has 1 aliphatic rings. The molecule has 1 N–H and O–H groups in total. The third-order valence-corrected chi connectivity index (χ3v) is 3.26. The van der Waals surface area contributed by atoms with Gasteiger partial charge in [-0.2, -0.15) is 0 Å².